The molecule has 8 rings (SSSR count). The fourth-order valence-corrected chi connectivity index (χ4v) is 9.92. The Morgan fingerprint density at radius 3 is 2.03 bits per heavy atom. The van der Waals surface area contributed by atoms with Crippen LogP contribution in [0, 0.1) is 12.8 Å². The van der Waals surface area contributed by atoms with Crippen LogP contribution >= 0.6 is 0 Å². The molecule has 3 N–H and O–H groups in total. The number of benzene rings is 4. The summed E-state index contributed by atoms with van der Waals surface area (Å²) in [6.07, 6.45) is 7.48. The molecule has 0 radical (unpaired) electrons. The Balaban J connectivity index is 0.00000111. The van der Waals surface area contributed by atoms with E-state index in [0.29, 0.717) is 30.9 Å². The van der Waals surface area contributed by atoms with Gasteiger partial charge in [0.2, 0.25) is 11.8 Å². The van der Waals surface area contributed by atoms with E-state index in [0.717, 1.165) is 103 Å². The van der Waals surface area contributed by atoms with E-state index in [1.54, 1.807) is 4.90 Å². The molecule has 0 saturated carbocycles. The molecule has 1 aliphatic heterocycles. The Morgan fingerprint density at radius 2 is 1.42 bits per heavy atom. The normalized spacial score (nSPS) is 15.0. The van der Waals surface area contributed by atoms with Crippen molar-refractivity contribution in [1.29, 1.82) is 0 Å². The number of nitrogens with zero attached hydrogens (tertiary/aromatic N) is 5. The van der Waals surface area contributed by atoms with Crippen LogP contribution in [0.1, 0.15) is 125 Å². The van der Waals surface area contributed by atoms with Crippen molar-refractivity contribution in [3.63, 3.8) is 0 Å². The lowest BCUT2D eigenvalue weighted by Gasteiger charge is -2.34. The number of terminal acetylenes is 1. The van der Waals surface area contributed by atoms with Gasteiger partial charge in [0.05, 0.1) is 42.0 Å². The minimum Gasteiger partial charge on any atom is -0.344 e. The third-order valence-electron chi connectivity index (χ3n) is 13.4. The SMILES string of the molecule is C#C.CCCN(Cc1nc(-c2ccc(-c3ccc4c(c3)CCCc3[nH]c([C@@H]5CCCN5C(=O)[C@@H](c5ccccc5)N(CC)CC)nc3-4)cc2)c(CC(F)(F)F)[nH]1)C(=O)[C@H](C)c1ccccc1.CCNCC. The average molecular weight is 969 g/mol. The number of rotatable bonds is 17. The Labute approximate surface area is 418 Å². The lowest BCUT2D eigenvalue weighted by Crippen LogP contribution is -2.43. The van der Waals surface area contributed by atoms with Gasteiger partial charge in [0.1, 0.15) is 17.7 Å². The number of imidazole rings is 2. The van der Waals surface area contributed by atoms with Crippen molar-refractivity contribution in [2.24, 2.45) is 0 Å². The van der Waals surface area contributed by atoms with Crippen molar-refractivity contribution >= 4 is 11.8 Å². The number of hydrogen-bond acceptors (Lipinski definition) is 6. The summed E-state index contributed by atoms with van der Waals surface area (Å²) in [7, 11) is 0. The van der Waals surface area contributed by atoms with E-state index < -0.39 is 18.5 Å². The van der Waals surface area contributed by atoms with E-state index in [9.17, 15) is 22.8 Å². The van der Waals surface area contributed by atoms with Crippen molar-refractivity contribution < 1.29 is 22.8 Å². The highest BCUT2D eigenvalue weighted by Crippen LogP contribution is 2.40. The van der Waals surface area contributed by atoms with E-state index in [-0.39, 0.29) is 41.8 Å². The van der Waals surface area contributed by atoms with Crippen molar-refractivity contribution in [1.82, 2.24) is 40.0 Å². The summed E-state index contributed by atoms with van der Waals surface area (Å²) < 4.78 is 41.8. The number of carbonyl (C=O) groups excluding carboxylic acids is 2. The molecule has 1 fully saturated rings. The topological polar surface area (TPSA) is 113 Å². The number of likely N-dealkylation sites (tertiary alicyclic amines) is 1. The molecule has 2 aliphatic rings. The van der Waals surface area contributed by atoms with Crippen LogP contribution in [-0.4, -0.2) is 91.9 Å². The number of carbonyl (C=O) groups is 2. The Morgan fingerprint density at radius 1 is 0.789 bits per heavy atom. The van der Waals surface area contributed by atoms with Crippen LogP contribution < -0.4 is 5.32 Å². The molecule has 10 nitrogen and oxygen atoms in total. The van der Waals surface area contributed by atoms with Gasteiger partial charge in [0, 0.05) is 29.9 Å². The molecule has 0 bridgehead atoms. The number of aromatic amines is 2. The molecule has 71 heavy (non-hydrogen) atoms. The number of alkyl halides is 3. The maximum atomic E-state index is 14.5. The van der Waals surface area contributed by atoms with Crippen molar-refractivity contribution in [3.8, 4) is 46.5 Å². The van der Waals surface area contributed by atoms with E-state index in [1.807, 2.05) is 104 Å². The number of amides is 2. The molecule has 0 spiro atoms. The zero-order valence-corrected chi connectivity index (χ0v) is 42.3. The molecule has 6 aromatic rings. The van der Waals surface area contributed by atoms with Gasteiger partial charge in [0.15, 0.2) is 0 Å². The molecular weight excluding hydrogens is 898 g/mol. The quantitative estimate of drug-likeness (QED) is 0.0785. The number of hydrogen-bond donors (Lipinski definition) is 3. The second-order valence-corrected chi connectivity index (χ2v) is 18.1. The number of H-pyrrole nitrogens is 2. The van der Waals surface area contributed by atoms with E-state index in [1.165, 1.54) is 5.56 Å². The minimum atomic E-state index is -4.46. The number of nitrogens with one attached hydrogen (secondary N) is 3. The first-order valence-electron chi connectivity index (χ1n) is 25.3. The number of halogens is 3. The van der Waals surface area contributed by atoms with Crippen LogP contribution in [0.2, 0.25) is 0 Å². The number of aromatic nitrogens is 4. The van der Waals surface area contributed by atoms with E-state index in [2.05, 4.69) is 78.9 Å². The highest BCUT2D eigenvalue weighted by atomic mass is 19.4. The third kappa shape index (κ3) is 13.3. The lowest BCUT2D eigenvalue weighted by atomic mass is 9.95. The first-order chi connectivity index (χ1) is 34.4. The van der Waals surface area contributed by atoms with Crippen LogP contribution in [-0.2, 0) is 35.4 Å². The molecule has 13 heteroatoms. The number of fused-ring (bicyclic) bond motifs is 3. The predicted octanol–water partition coefficient (Wildman–Crippen LogP) is 11.9. The summed E-state index contributed by atoms with van der Waals surface area (Å²) in [5.74, 6) is 0.756. The van der Waals surface area contributed by atoms with Gasteiger partial charge in [-0.05, 0) is 99.4 Å². The summed E-state index contributed by atoms with van der Waals surface area (Å²) in [6.45, 7) is 17.2. The number of aryl methyl sites for hydroxylation is 2. The second kappa shape index (κ2) is 25.6. The van der Waals surface area contributed by atoms with Crippen LogP contribution in [0.25, 0.3) is 33.6 Å². The molecule has 3 heterocycles. The molecule has 2 amide bonds. The van der Waals surface area contributed by atoms with Gasteiger partial charge in [-0.1, -0.05) is 138 Å². The van der Waals surface area contributed by atoms with Gasteiger partial charge in [-0.2, -0.15) is 13.2 Å². The maximum Gasteiger partial charge on any atom is 0.394 e. The summed E-state index contributed by atoms with van der Waals surface area (Å²) >= 11 is 0. The highest BCUT2D eigenvalue weighted by molar-refractivity contribution is 5.84. The Bertz CT molecular complexity index is 2640. The maximum absolute atomic E-state index is 14.5. The van der Waals surface area contributed by atoms with Gasteiger partial charge < -0.3 is 25.1 Å². The molecule has 0 unspecified atom stereocenters. The highest BCUT2D eigenvalue weighted by Gasteiger charge is 2.39. The summed E-state index contributed by atoms with van der Waals surface area (Å²) in [5, 5.41) is 3.11. The standard InChI is InChI=1S/C52H58F3N7O2.C4H11N.C2H2/c1-5-29-61(50(63)34(4)35-16-10-8-11-17-35)33-45-56-43(32-52(53,54)55)46(58-45)37-25-23-36(24-26-37)39-27-28-41-40(31-39)20-14-21-42-47(41)59-49(57-42)44-22-15-30-62(44)51(64)48(60(6-2)7-3)38-18-12-9-13-19-38;1-3-5-4-2;1-2/h8-13,16-19,23-28,31,34,44,48H,5-7,14-15,20-22,29-30,32-33H2,1-4H3,(H,56,58)(H,57,59);5H,3-4H2,1-2H3;1-2H/t34-,44+,48-;;/m1../s1. The predicted molar refractivity (Wildman–Crippen MR) is 279 cm³/mol. The van der Waals surface area contributed by atoms with Gasteiger partial charge in [-0.3, -0.25) is 14.5 Å². The van der Waals surface area contributed by atoms with Gasteiger partial charge in [-0.15, -0.1) is 12.8 Å². The first kappa shape index (κ1) is 53.9. The summed E-state index contributed by atoms with van der Waals surface area (Å²) in [4.78, 5) is 50.6. The third-order valence-corrected chi connectivity index (χ3v) is 13.4. The first-order valence-corrected chi connectivity index (χ1v) is 25.3. The van der Waals surface area contributed by atoms with Crippen molar-refractivity contribution in [2.45, 2.75) is 117 Å². The van der Waals surface area contributed by atoms with Crippen LogP contribution in [0.3, 0.4) is 0 Å². The molecule has 376 valence electrons. The van der Waals surface area contributed by atoms with Gasteiger partial charge in [-0.25, -0.2) is 9.97 Å². The fourth-order valence-electron chi connectivity index (χ4n) is 9.92. The largest absolute Gasteiger partial charge is 0.394 e. The van der Waals surface area contributed by atoms with Crippen molar-refractivity contribution in [3.05, 3.63) is 143 Å². The second-order valence-electron chi connectivity index (χ2n) is 18.1. The number of likely N-dealkylation sites (N-methyl/N-ethyl adjacent to an activating group) is 1. The zero-order chi connectivity index (χ0) is 51.1. The minimum absolute atomic E-state index is 0.0283. The molecule has 2 aromatic heterocycles. The lowest BCUT2D eigenvalue weighted by molar-refractivity contribution is -0.138. The van der Waals surface area contributed by atoms with Crippen LogP contribution in [0.4, 0.5) is 13.2 Å². The molecule has 1 aliphatic carbocycles. The van der Waals surface area contributed by atoms with Gasteiger partial charge in [0.25, 0.3) is 0 Å². The molecule has 1 saturated heterocycles. The Kier molecular flexibility index (Phi) is 19.4. The van der Waals surface area contributed by atoms with Crippen LogP contribution in [0.5, 0.6) is 0 Å². The molecule has 3 atom stereocenters. The molecular formula is C58H71F3N8O2. The van der Waals surface area contributed by atoms with Crippen molar-refractivity contribution in [2.75, 3.05) is 39.3 Å². The summed E-state index contributed by atoms with van der Waals surface area (Å²) in [5.41, 5.74) is 8.87. The summed E-state index contributed by atoms with van der Waals surface area (Å²) in [6, 6.07) is 33.0. The Hall–Kier alpha value is -6.49. The smallest absolute Gasteiger partial charge is 0.344 e. The zero-order valence-electron chi connectivity index (χ0n) is 42.3. The van der Waals surface area contributed by atoms with E-state index >= 15 is 0 Å². The van der Waals surface area contributed by atoms with Gasteiger partial charge >= 0.3 is 6.18 Å². The van der Waals surface area contributed by atoms with E-state index in [4.69, 9.17) is 9.97 Å². The average Bonchev–Trinajstić information content (AvgIpc) is 4.13. The van der Waals surface area contributed by atoms with Crippen LogP contribution in [0.15, 0.2) is 103 Å². The fraction of sp³-hybridized carbons (Fsp3) is 0.414. The molecule has 4 aromatic carbocycles. The monoisotopic (exact) mass is 969 g/mol.